The quantitative estimate of drug-likeness (QED) is 0.445. The van der Waals surface area contributed by atoms with Gasteiger partial charge in [0.05, 0.1) is 6.61 Å². The Morgan fingerprint density at radius 2 is 1.96 bits per heavy atom. The van der Waals surface area contributed by atoms with Gasteiger partial charge >= 0.3 is 5.97 Å². The topological polar surface area (TPSA) is 58.6 Å². The van der Waals surface area contributed by atoms with Gasteiger partial charge in [0.15, 0.2) is 5.78 Å². The molecule has 0 spiro atoms. The first-order valence-corrected chi connectivity index (χ1v) is 8.97. The second-order valence-electron chi connectivity index (χ2n) is 6.34. The van der Waals surface area contributed by atoms with Crippen LogP contribution < -0.4 is 5.32 Å². The molecule has 5 heteroatoms. The molecule has 0 saturated carbocycles. The largest absolute Gasteiger partial charge is 0.464 e. The molecule has 1 aliphatic rings. The van der Waals surface area contributed by atoms with Gasteiger partial charge in [-0.1, -0.05) is 25.1 Å². The lowest BCUT2D eigenvalue weighted by Crippen LogP contribution is -2.55. The summed E-state index contributed by atoms with van der Waals surface area (Å²) in [5.74, 6) is -0.182. The summed E-state index contributed by atoms with van der Waals surface area (Å²) in [6, 6.07) is 7.39. The molecule has 1 aromatic rings. The molecule has 0 bridgehead atoms. The lowest BCUT2D eigenvalue weighted by atomic mass is 9.86. The number of esters is 1. The Balaban J connectivity index is 2.28. The highest BCUT2D eigenvalue weighted by atomic mass is 16.5. The number of hydrogen-bond donors (Lipinski definition) is 1. The highest BCUT2D eigenvalue weighted by molar-refractivity contribution is 6.01. The Hall–Kier alpha value is -2.14. The second kappa shape index (κ2) is 8.81. The number of carbonyl (C=O) groups excluding carboxylic acids is 2. The molecule has 1 fully saturated rings. The number of para-hydroxylation sites is 1. The van der Waals surface area contributed by atoms with Crippen LogP contribution in [0.5, 0.6) is 0 Å². The number of anilines is 1. The van der Waals surface area contributed by atoms with Gasteiger partial charge in [0.25, 0.3) is 0 Å². The smallest absolute Gasteiger partial charge is 0.331 e. The fraction of sp³-hybridized carbons (Fsp3) is 0.500. The van der Waals surface area contributed by atoms with Crippen LogP contribution in [0, 0.1) is 0 Å². The highest BCUT2D eigenvalue weighted by Gasteiger charge is 2.43. The zero-order valence-corrected chi connectivity index (χ0v) is 15.2. The van der Waals surface area contributed by atoms with Crippen molar-refractivity contribution >= 4 is 17.4 Å². The van der Waals surface area contributed by atoms with E-state index < -0.39 is 5.54 Å². The standard InChI is InChI=1S/C20H28N2O3/c1-4-13-22-14-11-20(12-15-22,19(24)25-6-3)21-17-10-8-7-9-16(17)18(23)5-2/h4,7-10,21H,1,5-6,11-15H2,2-3H3. The summed E-state index contributed by atoms with van der Waals surface area (Å²) >= 11 is 0. The molecule has 1 heterocycles. The van der Waals surface area contributed by atoms with Gasteiger partial charge < -0.3 is 10.1 Å². The molecule has 0 amide bonds. The minimum atomic E-state index is -0.794. The molecule has 0 atom stereocenters. The first-order chi connectivity index (χ1) is 12.1. The predicted octanol–water partition coefficient (Wildman–Crippen LogP) is 3.27. The van der Waals surface area contributed by atoms with E-state index in [9.17, 15) is 9.59 Å². The van der Waals surface area contributed by atoms with E-state index in [-0.39, 0.29) is 11.8 Å². The monoisotopic (exact) mass is 344 g/mol. The predicted molar refractivity (Wildman–Crippen MR) is 99.9 cm³/mol. The van der Waals surface area contributed by atoms with Gasteiger partial charge in [-0.05, 0) is 31.9 Å². The number of hydrogen-bond acceptors (Lipinski definition) is 5. The molecule has 5 nitrogen and oxygen atoms in total. The van der Waals surface area contributed by atoms with E-state index >= 15 is 0 Å². The van der Waals surface area contributed by atoms with Crippen molar-refractivity contribution in [2.45, 2.75) is 38.6 Å². The molecule has 0 aromatic heterocycles. The zero-order valence-electron chi connectivity index (χ0n) is 15.2. The van der Waals surface area contributed by atoms with E-state index in [1.54, 1.807) is 6.07 Å². The summed E-state index contributed by atoms with van der Waals surface area (Å²) in [7, 11) is 0. The Morgan fingerprint density at radius 3 is 2.56 bits per heavy atom. The molecule has 0 unspecified atom stereocenters. The van der Waals surface area contributed by atoms with Crippen LogP contribution in [0.15, 0.2) is 36.9 Å². The SMILES string of the molecule is C=CCN1CCC(Nc2ccccc2C(=O)CC)(C(=O)OCC)CC1. The van der Waals surface area contributed by atoms with Crippen LogP contribution in [0.2, 0.25) is 0 Å². The minimum Gasteiger partial charge on any atom is -0.464 e. The van der Waals surface area contributed by atoms with Crippen molar-refractivity contribution in [1.82, 2.24) is 4.90 Å². The van der Waals surface area contributed by atoms with Crippen LogP contribution in [0.1, 0.15) is 43.5 Å². The Morgan fingerprint density at radius 1 is 1.28 bits per heavy atom. The van der Waals surface area contributed by atoms with Gasteiger partial charge in [-0.15, -0.1) is 6.58 Å². The Kier molecular flexibility index (Phi) is 6.76. The molecule has 1 aliphatic heterocycles. The fourth-order valence-electron chi connectivity index (χ4n) is 3.23. The molecule has 1 aromatic carbocycles. The van der Waals surface area contributed by atoms with E-state index in [1.165, 1.54) is 0 Å². The van der Waals surface area contributed by atoms with Crippen LogP contribution in [0.3, 0.4) is 0 Å². The zero-order chi connectivity index (χ0) is 18.3. The average molecular weight is 344 g/mol. The van der Waals surface area contributed by atoms with Gasteiger partial charge in [-0.25, -0.2) is 4.79 Å². The molecule has 2 rings (SSSR count). The van der Waals surface area contributed by atoms with E-state index in [4.69, 9.17) is 4.74 Å². The second-order valence-corrected chi connectivity index (χ2v) is 6.34. The molecule has 1 N–H and O–H groups in total. The van der Waals surface area contributed by atoms with Gasteiger partial charge in [0.1, 0.15) is 5.54 Å². The van der Waals surface area contributed by atoms with Crippen LogP contribution >= 0.6 is 0 Å². The van der Waals surface area contributed by atoms with E-state index in [2.05, 4.69) is 16.8 Å². The summed E-state index contributed by atoms with van der Waals surface area (Å²) in [4.78, 5) is 27.2. The third kappa shape index (κ3) is 4.48. The highest BCUT2D eigenvalue weighted by Crippen LogP contribution is 2.30. The van der Waals surface area contributed by atoms with Crippen molar-refractivity contribution < 1.29 is 14.3 Å². The minimum absolute atomic E-state index is 0.0613. The van der Waals surface area contributed by atoms with Crippen LogP contribution in [-0.2, 0) is 9.53 Å². The maximum atomic E-state index is 12.7. The van der Waals surface area contributed by atoms with Crippen LogP contribution in [0.25, 0.3) is 0 Å². The number of Topliss-reactive ketones (excluding diaryl/α,β-unsaturated/α-hetero) is 1. The fourth-order valence-corrected chi connectivity index (χ4v) is 3.23. The Labute approximate surface area is 150 Å². The number of rotatable bonds is 8. The normalized spacial score (nSPS) is 16.9. The number of nitrogens with zero attached hydrogens (tertiary/aromatic N) is 1. The first kappa shape index (κ1) is 19.2. The summed E-state index contributed by atoms with van der Waals surface area (Å²) < 4.78 is 5.35. The summed E-state index contributed by atoms with van der Waals surface area (Å²) in [5, 5.41) is 3.38. The van der Waals surface area contributed by atoms with Crippen molar-refractivity contribution in [2.24, 2.45) is 0 Å². The number of benzene rings is 1. The van der Waals surface area contributed by atoms with Gasteiger partial charge in [0, 0.05) is 37.3 Å². The number of piperidine rings is 1. The molecule has 1 saturated heterocycles. The Bertz CT molecular complexity index is 619. The van der Waals surface area contributed by atoms with Crippen LogP contribution in [0.4, 0.5) is 5.69 Å². The van der Waals surface area contributed by atoms with E-state index in [0.717, 1.165) is 19.6 Å². The molecular formula is C20H28N2O3. The number of ketones is 1. The van der Waals surface area contributed by atoms with E-state index in [0.29, 0.717) is 37.1 Å². The van der Waals surface area contributed by atoms with Crippen molar-refractivity contribution in [3.05, 3.63) is 42.5 Å². The molecular weight excluding hydrogens is 316 g/mol. The van der Waals surface area contributed by atoms with Crippen molar-refractivity contribution in [1.29, 1.82) is 0 Å². The number of likely N-dealkylation sites (tertiary alicyclic amines) is 1. The molecule has 0 radical (unpaired) electrons. The van der Waals surface area contributed by atoms with Gasteiger partial charge in [0.2, 0.25) is 0 Å². The lowest BCUT2D eigenvalue weighted by Gasteiger charge is -2.41. The summed E-state index contributed by atoms with van der Waals surface area (Å²) in [5.41, 5.74) is 0.541. The maximum absolute atomic E-state index is 12.7. The summed E-state index contributed by atoms with van der Waals surface area (Å²) in [6.07, 6.45) is 3.57. The van der Waals surface area contributed by atoms with Crippen molar-refractivity contribution in [2.75, 3.05) is 31.6 Å². The van der Waals surface area contributed by atoms with E-state index in [1.807, 2.05) is 38.1 Å². The average Bonchev–Trinajstić information content (AvgIpc) is 2.63. The van der Waals surface area contributed by atoms with Gasteiger partial charge in [-0.3, -0.25) is 9.69 Å². The maximum Gasteiger partial charge on any atom is 0.331 e. The van der Waals surface area contributed by atoms with Crippen molar-refractivity contribution in [3.63, 3.8) is 0 Å². The molecule has 0 aliphatic carbocycles. The molecule has 136 valence electrons. The summed E-state index contributed by atoms with van der Waals surface area (Å²) in [6.45, 7) is 10.1. The molecule has 25 heavy (non-hydrogen) atoms. The number of ether oxygens (including phenoxy) is 1. The third-order valence-electron chi connectivity index (χ3n) is 4.69. The van der Waals surface area contributed by atoms with Crippen LogP contribution in [-0.4, -0.2) is 48.4 Å². The lowest BCUT2D eigenvalue weighted by molar-refractivity contribution is -0.150. The number of nitrogens with one attached hydrogen (secondary N) is 1. The van der Waals surface area contributed by atoms with Crippen molar-refractivity contribution in [3.8, 4) is 0 Å². The first-order valence-electron chi connectivity index (χ1n) is 8.97. The van der Waals surface area contributed by atoms with Gasteiger partial charge in [-0.2, -0.15) is 0 Å². The number of carbonyl (C=O) groups is 2. The third-order valence-corrected chi connectivity index (χ3v) is 4.69.